The van der Waals surface area contributed by atoms with E-state index in [0.717, 1.165) is 84.5 Å². The van der Waals surface area contributed by atoms with Crippen molar-refractivity contribution in [2.75, 3.05) is 60.0 Å². The van der Waals surface area contributed by atoms with Gasteiger partial charge in [-0.1, -0.05) is 6.92 Å². The smallest absolute Gasteiger partial charge is 0.222 e. The monoisotopic (exact) mass is 423 g/mol. The van der Waals surface area contributed by atoms with Crippen molar-refractivity contribution >= 4 is 5.91 Å². The van der Waals surface area contributed by atoms with Crippen LogP contribution in [0, 0.1) is 11.8 Å². The highest BCUT2D eigenvalue weighted by Gasteiger charge is 2.48. The van der Waals surface area contributed by atoms with Gasteiger partial charge in [-0.2, -0.15) is 0 Å². The van der Waals surface area contributed by atoms with Crippen LogP contribution in [-0.4, -0.2) is 92.5 Å². The first kappa shape index (κ1) is 24.0. The Bertz CT molecular complexity index is 536. The molecule has 2 heterocycles. The third-order valence-corrected chi connectivity index (χ3v) is 7.34. The highest BCUT2D eigenvalue weighted by molar-refractivity contribution is 5.76. The fraction of sp³-hybridized carbons (Fsp3) is 0.958. The number of fused-ring (bicyclic) bond motifs is 1. The van der Waals surface area contributed by atoms with E-state index in [4.69, 9.17) is 9.47 Å². The Morgan fingerprint density at radius 3 is 2.53 bits per heavy atom. The summed E-state index contributed by atoms with van der Waals surface area (Å²) in [4.78, 5) is 20.1. The number of piperidine rings is 1. The van der Waals surface area contributed by atoms with Gasteiger partial charge in [-0.25, -0.2) is 0 Å². The molecule has 6 nitrogen and oxygen atoms in total. The summed E-state index contributed by atoms with van der Waals surface area (Å²) in [6, 6.07) is 0.642. The number of hydrogen-bond donors (Lipinski definition) is 0. The Morgan fingerprint density at radius 1 is 1.13 bits per heavy atom. The van der Waals surface area contributed by atoms with Crippen molar-refractivity contribution in [2.45, 2.75) is 77.0 Å². The number of nitrogens with zero attached hydrogens (tertiary/aromatic N) is 3. The maximum Gasteiger partial charge on any atom is 0.222 e. The molecule has 1 aliphatic carbocycles. The molecular weight excluding hydrogens is 378 g/mol. The molecule has 0 aromatic rings. The summed E-state index contributed by atoms with van der Waals surface area (Å²) >= 11 is 0. The molecule has 174 valence electrons. The molecule has 6 heteroatoms. The lowest BCUT2D eigenvalue weighted by Gasteiger charge is -2.51. The molecular formula is C24H45N3O3. The first-order chi connectivity index (χ1) is 14.5. The van der Waals surface area contributed by atoms with E-state index in [2.05, 4.69) is 42.6 Å². The average Bonchev–Trinajstić information content (AvgIpc) is 3.15. The first-order valence-electron chi connectivity index (χ1n) is 12.4. The van der Waals surface area contributed by atoms with Crippen LogP contribution in [-0.2, 0) is 14.3 Å². The number of hydrogen-bond acceptors (Lipinski definition) is 5. The lowest BCUT2D eigenvalue weighted by atomic mass is 9.72. The second kappa shape index (κ2) is 11.3. The van der Waals surface area contributed by atoms with Gasteiger partial charge >= 0.3 is 0 Å². The molecule has 0 N–H and O–H groups in total. The second-order valence-electron chi connectivity index (χ2n) is 9.96. The van der Waals surface area contributed by atoms with Gasteiger partial charge in [0.2, 0.25) is 5.91 Å². The summed E-state index contributed by atoms with van der Waals surface area (Å²) in [5, 5.41) is 0. The Morgan fingerprint density at radius 2 is 1.87 bits per heavy atom. The number of likely N-dealkylation sites (tertiary alicyclic amines) is 1. The van der Waals surface area contributed by atoms with Crippen LogP contribution in [0.25, 0.3) is 0 Å². The van der Waals surface area contributed by atoms with Crippen molar-refractivity contribution in [3.63, 3.8) is 0 Å². The standard InChI is InChI=1S/C24H45N3O3/c1-5-11-27-19-20(17-23(28)26(6-2)13-8-7-12-25(3)4)16-21-18-24(10-9-22(21)27)29-14-15-30-24/h20-22H,5-19H2,1-4H3/t20-,21-,22-/m1/s1. The Hall–Kier alpha value is -0.690. The van der Waals surface area contributed by atoms with Crippen molar-refractivity contribution in [1.82, 2.24) is 14.7 Å². The van der Waals surface area contributed by atoms with Crippen molar-refractivity contribution in [2.24, 2.45) is 11.8 Å². The van der Waals surface area contributed by atoms with Crippen molar-refractivity contribution in [3.05, 3.63) is 0 Å². The van der Waals surface area contributed by atoms with Crippen LogP contribution in [0.3, 0.4) is 0 Å². The predicted octanol–water partition coefficient (Wildman–Crippen LogP) is 3.21. The SMILES string of the molecule is CCCN1C[C@@H](CC(=O)N(CC)CCCCN(C)C)C[C@@H]2CC3(CC[C@H]21)OCCO3. The number of carbonyl (C=O) groups is 1. The third-order valence-electron chi connectivity index (χ3n) is 7.34. The topological polar surface area (TPSA) is 45.3 Å². The molecule has 2 saturated heterocycles. The molecule has 0 aromatic carbocycles. The Balaban J connectivity index is 1.55. The predicted molar refractivity (Wildman–Crippen MR) is 120 cm³/mol. The van der Waals surface area contributed by atoms with E-state index in [1.54, 1.807) is 0 Å². The molecule has 0 radical (unpaired) electrons. The summed E-state index contributed by atoms with van der Waals surface area (Å²) in [5.74, 6) is 1.07. The zero-order chi connectivity index (χ0) is 21.6. The lowest BCUT2D eigenvalue weighted by molar-refractivity contribution is -0.203. The fourth-order valence-electron chi connectivity index (χ4n) is 5.95. The van der Waals surface area contributed by atoms with E-state index in [1.165, 1.54) is 6.42 Å². The highest BCUT2D eigenvalue weighted by Crippen LogP contribution is 2.45. The van der Waals surface area contributed by atoms with Gasteiger partial charge in [-0.3, -0.25) is 9.69 Å². The molecule has 3 aliphatic rings. The van der Waals surface area contributed by atoms with E-state index in [-0.39, 0.29) is 5.79 Å². The van der Waals surface area contributed by atoms with Crippen LogP contribution in [0.1, 0.15) is 65.2 Å². The zero-order valence-corrected chi connectivity index (χ0v) is 19.9. The molecule has 0 bridgehead atoms. The van der Waals surface area contributed by atoms with Crippen LogP contribution in [0.15, 0.2) is 0 Å². The molecule has 0 unspecified atom stereocenters. The minimum absolute atomic E-state index is 0.327. The number of unbranched alkanes of at least 4 members (excludes halogenated alkanes) is 1. The van der Waals surface area contributed by atoms with E-state index in [1.807, 2.05) is 0 Å². The van der Waals surface area contributed by atoms with Gasteiger partial charge in [0.25, 0.3) is 0 Å². The van der Waals surface area contributed by atoms with Gasteiger partial charge in [0.1, 0.15) is 0 Å². The maximum absolute atomic E-state index is 13.1. The molecule has 2 aliphatic heterocycles. The van der Waals surface area contributed by atoms with Crippen LogP contribution >= 0.6 is 0 Å². The summed E-state index contributed by atoms with van der Waals surface area (Å²) in [7, 11) is 4.22. The zero-order valence-electron chi connectivity index (χ0n) is 19.9. The van der Waals surface area contributed by atoms with E-state index in [0.29, 0.717) is 30.2 Å². The van der Waals surface area contributed by atoms with Gasteiger partial charge in [-0.05, 0) is 78.0 Å². The van der Waals surface area contributed by atoms with Crippen LogP contribution < -0.4 is 0 Å². The van der Waals surface area contributed by atoms with Crippen molar-refractivity contribution in [3.8, 4) is 0 Å². The summed E-state index contributed by atoms with van der Waals surface area (Å²) in [6.45, 7) is 10.9. The minimum Gasteiger partial charge on any atom is -0.348 e. The molecule has 3 rings (SSSR count). The van der Waals surface area contributed by atoms with E-state index < -0.39 is 0 Å². The second-order valence-corrected chi connectivity index (χ2v) is 9.96. The molecule has 0 aromatic heterocycles. The fourth-order valence-corrected chi connectivity index (χ4v) is 5.95. The van der Waals surface area contributed by atoms with Crippen LogP contribution in [0.2, 0.25) is 0 Å². The quantitative estimate of drug-likeness (QED) is 0.505. The minimum atomic E-state index is -0.327. The first-order valence-corrected chi connectivity index (χ1v) is 12.4. The number of ether oxygens (including phenoxy) is 2. The average molecular weight is 424 g/mol. The molecule has 3 fully saturated rings. The van der Waals surface area contributed by atoms with Crippen LogP contribution in [0.4, 0.5) is 0 Å². The maximum atomic E-state index is 13.1. The summed E-state index contributed by atoms with van der Waals surface area (Å²) in [6.07, 6.45) is 8.44. The normalized spacial score (nSPS) is 28.8. The third kappa shape index (κ3) is 6.18. The molecule has 1 saturated carbocycles. The van der Waals surface area contributed by atoms with Gasteiger partial charge < -0.3 is 19.3 Å². The highest BCUT2D eigenvalue weighted by atomic mass is 16.7. The van der Waals surface area contributed by atoms with E-state index >= 15 is 0 Å². The summed E-state index contributed by atoms with van der Waals surface area (Å²) < 4.78 is 12.1. The van der Waals surface area contributed by atoms with Crippen LogP contribution in [0.5, 0.6) is 0 Å². The molecule has 1 amide bonds. The van der Waals surface area contributed by atoms with Gasteiger partial charge in [-0.15, -0.1) is 0 Å². The van der Waals surface area contributed by atoms with Gasteiger partial charge in [0.05, 0.1) is 13.2 Å². The van der Waals surface area contributed by atoms with Gasteiger partial charge in [0.15, 0.2) is 5.79 Å². The lowest BCUT2D eigenvalue weighted by Crippen LogP contribution is -2.55. The van der Waals surface area contributed by atoms with Gasteiger partial charge in [0, 0.05) is 44.9 Å². The molecule has 3 atom stereocenters. The van der Waals surface area contributed by atoms with Crippen molar-refractivity contribution < 1.29 is 14.3 Å². The number of carbonyl (C=O) groups excluding carboxylic acids is 1. The number of amides is 1. The Labute approximate surface area is 184 Å². The number of rotatable bonds is 10. The van der Waals surface area contributed by atoms with E-state index in [9.17, 15) is 4.79 Å². The largest absolute Gasteiger partial charge is 0.348 e. The molecule has 30 heavy (non-hydrogen) atoms. The Kier molecular flexibility index (Phi) is 8.99. The van der Waals surface area contributed by atoms with Crippen molar-refractivity contribution in [1.29, 1.82) is 0 Å². The molecule has 1 spiro atoms. The summed E-state index contributed by atoms with van der Waals surface area (Å²) in [5.41, 5.74) is 0.